The van der Waals surface area contributed by atoms with E-state index < -0.39 is 7.12 Å². The van der Waals surface area contributed by atoms with Crippen LogP contribution in [0.15, 0.2) is 22.6 Å². The van der Waals surface area contributed by atoms with Crippen LogP contribution in [0.5, 0.6) is 0 Å². The van der Waals surface area contributed by atoms with Gasteiger partial charge in [-0.05, 0) is 33.8 Å². The number of hydrogen-bond donors (Lipinski definition) is 0. The summed E-state index contributed by atoms with van der Waals surface area (Å²) in [7, 11) is -0.416. The first-order chi connectivity index (χ1) is 8.80. The summed E-state index contributed by atoms with van der Waals surface area (Å²) in [6.45, 7) is 10.0. The van der Waals surface area contributed by atoms with Gasteiger partial charge in [0.25, 0.3) is 0 Å². The number of aromatic nitrogens is 1. The molecule has 0 radical (unpaired) electrons. The van der Waals surface area contributed by atoms with Gasteiger partial charge in [-0.2, -0.15) is 0 Å². The first-order valence-electron chi connectivity index (χ1n) is 6.52. The normalized spacial score (nSPS) is 21.2. The average Bonchev–Trinajstić information content (AvgIpc) is 2.75. The second-order valence-electron chi connectivity index (χ2n) is 6.02. The van der Waals surface area contributed by atoms with E-state index in [9.17, 15) is 0 Å². The van der Waals surface area contributed by atoms with Crippen molar-refractivity contribution < 1.29 is 13.7 Å². The van der Waals surface area contributed by atoms with Gasteiger partial charge in [-0.1, -0.05) is 12.1 Å². The van der Waals surface area contributed by atoms with Crippen LogP contribution in [0.3, 0.4) is 0 Å². The Morgan fingerprint density at radius 2 is 1.68 bits per heavy atom. The second-order valence-corrected chi connectivity index (χ2v) is 6.02. The zero-order chi connectivity index (χ0) is 13.8. The van der Waals surface area contributed by atoms with Crippen LogP contribution in [0.2, 0.25) is 0 Å². The van der Waals surface area contributed by atoms with Crippen LogP contribution in [-0.4, -0.2) is 23.3 Å². The Morgan fingerprint density at radius 3 is 2.32 bits per heavy atom. The number of oxazole rings is 1. The number of benzene rings is 1. The smallest absolute Gasteiger partial charge is 0.441 e. The van der Waals surface area contributed by atoms with E-state index in [0.717, 1.165) is 16.6 Å². The van der Waals surface area contributed by atoms with Crippen molar-refractivity contribution in [1.82, 2.24) is 4.98 Å². The maximum atomic E-state index is 6.06. The Bertz CT molecular complexity index is 617. The van der Waals surface area contributed by atoms with Crippen LogP contribution in [0, 0.1) is 6.92 Å². The van der Waals surface area contributed by atoms with E-state index in [-0.39, 0.29) is 11.2 Å². The fourth-order valence-corrected chi connectivity index (χ4v) is 2.24. The minimum absolute atomic E-state index is 0.352. The molecule has 2 aromatic rings. The number of hydrogen-bond acceptors (Lipinski definition) is 4. The number of nitrogens with zero attached hydrogens (tertiary/aromatic N) is 1. The van der Waals surface area contributed by atoms with Crippen molar-refractivity contribution in [1.29, 1.82) is 0 Å². The average molecular weight is 259 g/mol. The lowest BCUT2D eigenvalue weighted by molar-refractivity contribution is 0.00578. The van der Waals surface area contributed by atoms with Crippen molar-refractivity contribution in [3.05, 3.63) is 24.1 Å². The van der Waals surface area contributed by atoms with Gasteiger partial charge in [0.15, 0.2) is 11.5 Å². The largest absolute Gasteiger partial charge is 0.498 e. The standard InChI is InChI=1S/C14H18BNO3/c1-9-16-11-8-6-7-10(12(11)17-9)15-18-13(2,3)14(4,5)19-15/h6-8H,1-5H3. The van der Waals surface area contributed by atoms with Crippen LogP contribution in [0.25, 0.3) is 11.1 Å². The fourth-order valence-electron chi connectivity index (χ4n) is 2.24. The van der Waals surface area contributed by atoms with Gasteiger partial charge in [-0.25, -0.2) is 4.98 Å². The minimum Gasteiger partial charge on any atom is -0.441 e. The molecule has 1 aliphatic heterocycles. The summed E-state index contributed by atoms with van der Waals surface area (Å²) >= 11 is 0. The Hall–Kier alpha value is -1.33. The SMILES string of the molecule is Cc1nc2cccc(B3OC(C)(C)C(C)(C)O3)c2o1. The second kappa shape index (κ2) is 3.84. The Balaban J connectivity index is 2.07. The molecule has 4 nitrogen and oxygen atoms in total. The topological polar surface area (TPSA) is 44.5 Å². The van der Waals surface area contributed by atoms with E-state index in [1.165, 1.54) is 0 Å². The molecule has 1 fully saturated rings. The van der Waals surface area contributed by atoms with E-state index >= 15 is 0 Å². The fraction of sp³-hybridized carbons (Fsp3) is 0.500. The van der Waals surface area contributed by atoms with Crippen LogP contribution < -0.4 is 5.46 Å². The lowest BCUT2D eigenvalue weighted by Crippen LogP contribution is -2.41. The Labute approximate surface area is 113 Å². The minimum atomic E-state index is -0.416. The number of rotatable bonds is 1. The van der Waals surface area contributed by atoms with E-state index in [2.05, 4.69) is 4.98 Å². The summed E-state index contributed by atoms with van der Waals surface area (Å²) in [6.07, 6.45) is 0. The van der Waals surface area contributed by atoms with Gasteiger partial charge >= 0.3 is 7.12 Å². The van der Waals surface area contributed by atoms with E-state index in [1.54, 1.807) is 0 Å². The van der Waals surface area contributed by atoms with Gasteiger partial charge in [-0.3, -0.25) is 0 Å². The Kier molecular flexibility index (Phi) is 2.56. The lowest BCUT2D eigenvalue weighted by Gasteiger charge is -2.32. The molecule has 0 aliphatic carbocycles. The number of fused-ring (bicyclic) bond motifs is 1. The van der Waals surface area contributed by atoms with Gasteiger partial charge in [0.2, 0.25) is 0 Å². The maximum absolute atomic E-state index is 6.06. The third kappa shape index (κ3) is 1.88. The molecule has 0 spiro atoms. The summed E-state index contributed by atoms with van der Waals surface area (Å²) in [5.41, 5.74) is 1.78. The van der Waals surface area contributed by atoms with Crippen molar-refractivity contribution in [2.45, 2.75) is 45.8 Å². The highest BCUT2D eigenvalue weighted by atomic mass is 16.7. The van der Waals surface area contributed by atoms with Crippen LogP contribution in [-0.2, 0) is 9.31 Å². The number of para-hydroxylation sites is 1. The molecule has 19 heavy (non-hydrogen) atoms. The van der Waals surface area contributed by atoms with Gasteiger partial charge in [0.1, 0.15) is 5.52 Å². The molecule has 100 valence electrons. The zero-order valence-electron chi connectivity index (χ0n) is 12.0. The molecule has 1 aromatic carbocycles. The lowest BCUT2D eigenvalue weighted by atomic mass is 9.78. The molecule has 1 saturated heterocycles. The van der Waals surface area contributed by atoms with Crippen molar-refractivity contribution in [3.8, 4) is 0 Å². The molecule has 1 aliphatic rings. The highest BCUT2D eigenvalue weighted by Gasteiger charge is 2.52. The van der Waals surface area contributed by atoms with E-state index in [0.29, 0.717) is 5.89 Å². The highest BCUT2D eigenvalue weighted by Crippen LogP contribution is 2.37. The van der Waals surface area contributed by atoms with Gasteiger partial charge in [0, 0.05) is 12.4 Å². The molecular weight excluding hydrogens is 241 g/mol. The summed E-state index contributed by atoms with van der Waals surface area (Å²) in [4.78, 5) is 4.34. The van der Waals surface area contributed by atoms with Crippen molar-refractivity contribution in [2.24, 2.45) is 0 Å². The van der Waals surface area contributed by atoms with Crippen molar-refractivity contribution in [2.75, 3.05) is 0 Å². The van der Waals surface area contributed by atoms with E-state index in [4.69, 9.17) is 13.7 Å². The summed E-state index contributed by atoms with van der Waals surface area (Å²) in [6, 6.07) is 5.85. The summed E-state index contributed by atoms with van der Waals surface area (Å²) in [5.74, 6) is 0.652. The van der Waals surface area contributed by atoms with Crippen LogP contribution >= 0.6 is 0 Å². The molecule has 0 amide bonds. The molecule has 0 saturated carbocycles. The molecule has 0 bridgehead atoms. The third-order valence-electron chi connectivity index (χ3n) is 4.06. The third-order valence-corrected chi connectivity index (χ3v) is 4.06. The van der Waals surface area contributed by atoms with Gasteiger partial charge in [-0.15, -0.1) is 0 Å². The Morgan fingerprint density at radius 1 is 1.05 bits per heavy atom. The first kappa shape index (κ1) is 12.7. The molecule has 3 rings (SSSR count). The van der Waals surface area contributed by atoms with Gasteiger partial charge < -0.3 is 13.7 Å². The molecular formula is C14H18BNO3. The van der Waals surface area contributed by atoms with Crippen LogP contribution in [0.4, 0.5) is 0 Å². The predicted molar refractivity (Wildman–Crippen MR) is 74.5 cm³/mol. The van der Waals surface area contributed by atoms with E-state index in [1.807, 2.05) is 52.8 Å². The maximum Gasteiger partial charge on any atom is 0.498 e. The molecule has 2 heterocycles. The molecule has 0 atom stereocenters. The molecule has 1 aromatic heterocycles. The zero-order valence-corrected chi connectivity index (χ0v) is 12.0. The first-order valence-corrected chi connectivity index (χ1v) is 6.52. The molecule has 5 heteroatoms. The molecule has 0 N–H and O–H groups in total. The van der Waals surface area contributed by atoms with Crippen molar-refractivity contribution in [3.63, 3.8) is 0 Å². The monoisotopic (exact) mass is 259 g/mol. The molecule has 0 unspecified atom stereocenters. The summed E-state index contributed by atoms with van der Waals surface area (Å²) in [5, 5.41) is 0. The van der Waals surface area contributed by atoms with Crippen molar-refractivity contribution >= 4 is 23.7 Å². The van der Waals surface area contributed by atoms with Gasteiger partial charge in [0.05, 0.1) is 11.2 Å². The summed E-state index contributed by atoms with van der Waals surface area (Å²) < 4.78 is 17.8. The highest BCUT2D eigenvalue weighted by molar-refractivity contribution is 6.64. The van der Waals surface area contributed by atoms with Crippen LogP contribution in [0.1, 0.15) is 33.6 Å². The number of aryl methyl sites for hydroxylation is 1. The predicted octanol–water partition coefficient (Wildman–Crippen LogP) is 2.44. The quantitative estimate of drug-likeness (QED) is 0.738.